The molecule has 0 rings (SSSR count). The van der Waals surface area contributed by atoms with Gasteiger partial charge in [-0.15, -0.1) is 0 Å². The van der Waals surface area contributed by atoms with E-state index in [0.29, 0.717) is 15.8 Å². The van der Waals surface area contributed by atoms with Gasteiger partial charge in [-0.1, -0.05) is 0 Å². The molecule has 0 unspecified atom stereocenters. The van der Waals surface area contributed by atoms with Gasteiger partial charge in [0.2, 0.25) is 0 Å². The molecule has 0 aromatic rings. The first-order valence-electron chi connectivity index (χ1n) is 4.76. The van der Waals surface area contributed by atoms with Crippen LogP contribution in [0.2, 0.25) is 10.4 Å². The molecule has 0 aliphatic carbocycles. The second-order valence-electron chi connectivity index (χ2n) is 4.04. The van der Waals surface area contributed by atoms with E-state index in [-0.39, 0.29) is 0 Å². The summed E-state index contributed by atoms with van der Waals surface area (Å²) in [5, 5.41) is 3.06. The molecule has 0 saturated heterocycles. The monoisotopic (exact) mass is 217 g/mol. The summed E-state index contributed by atoms with van der Waals surface area (Å²) >= 11 is 0.688. The minimum atomic E-state index is 0.688. The molecule has 0 saturated carbocycles. The Hall–Kier alpha value is 0.558. The SMILES string of the molecule is CC(C)CC[As]CCC(C)C. The van der Waals surface area contributed by atoms with E-state index in [2.05, 4.69) is 27.7 Å². The van der Waals surface area contributed by atoms with Crippen LogP contribution in [0.5, 0.6) is 0 Å². The van der Waals surface area contributed by atoms with Crippen LogP contribution in [0.4, 0.5) is 0 Å². The van der Waals surface area contributed by atoms with Gasteiger partial charge in [-0.25, -0.2) is 0 Å². The van der Waals surface area contributed by atoms with Crippen molar-refractivity contribution in [2.75, 3.05) is 0 Å². The zero-order chi connectivity index (χ0) is 8.69. The fraction of sp³-hybridized carbons (Fsp3) is 1.00. The Morgan fingerprint density at radius 3 is 1.45 bits per heavy atom. The van der Waals surface area contributed by atoms with Crippen molar-refractivity contribution in [3.63, 3.8) is 0 Å². The second kappa shape index (κ2) is 7.22. The summed E-state index contributed by atoms with van der Waals surface area (Å²) in [6, 6.07) is 0. The molecule has 0 aromatic carbocycles. The first-order chi connectivity index (χ1) is 5.13. The molecule has 11 heavy (non-hydrogen) atoms. The molecule has 0 N–H and O–H groups in total. The van der Waals surface area contributed by atoms with Gasteiger partial charge < -0.3 is 0 Å². The van der Waals surface area contributed by atoms with Gasteiger partial charge in [0.1, 0.15) is 0 Å². The van der Waals surface area contributed by atoms with Crippen molar-refractivity contribution >= 4 is 15.8 Å². The van der Waals surface area contributed by atoms with Crippen LogP contribution in [0.3, 0.4) is 0 Å². The second-order valence-corrected chi connectivity index (χ2v) is 6.85. The van der Waals surface area contributed by atoms with Gasteiger partial charge in [0.15, 0.2) is 0 Å². The zero-order valence-electron chi connectivity index (χ0n) is 8.43. The van der Waals surface area contributed by atoms with Gasteiger partial charge in [-0.2, -0.15) is 0 Å². The molecule has 0 nitrogen and oxygen atoms in total. The Morgan fingerprint density at radius 1 is 0.818 bits per heavy atom. The molecule has 67 valence electrons. The Bertz CT molecular complexity index is 66.9. The average Bonchev–Trinajstić information content (AvgIpc) is 1.85. The molecular formula is C10H22As. The van der Waals surface area contributed by atoms with E-state index in [4.69, 9.17) is 0 Å². The van der Waals surface area contributed by atoms with Crippen LogP contribution in [-0.4, -0.2) is 15.8 Å². The molecule has 0 heterocycles. The molecule has 1 heteroatoms. The number of hydrogen-bond donors (Lipinski definition) is 0. The topological polar surface area (TPSA) is 0 Å². The van der Waals surface area contributed by atoms with E-state index in [0.717, 1.165) is 11.8 Å². The summed E-state index contributed by atoms with van der Waals surface area (Å²) in [5.41, 5.74) is 0. The molecule has 0 spiro atoms. The van der Waals surface area contributed by atoms with E-state index in [1.54, 1.807) is 0 Å². The Kier molecular flexibility index (Phi) is 7.59. The minimum absolute atomic E-state index is 0.688. The van der Waals surface area contributed by atoms with E-state index < -0.39 is 0 Å². The summed E-state index contributed by atoms with van der Waals surface area (Å²) in [5.74, 6) is 1.84. The summed E-state index contributed by atoms with van der Waals surface area (Å²) in [6.45, 7) is 9.29. The third-order valence-corrected chi connectivity index (χ3v) is 4.14. The van der Waals surface area contributed by atoms with Crippen LogP contribution >= 0.6 is 0 Å². The van der Waals surface area contributed by atoms with Crippen LogP contribution in [0.25, 0.3) is 0 Å². The van der Waals surface area contributed by atoms with Crippen molar-refractivity contribution in [1.29, 1.82) is 0 Å². The van der Waals surface area contributed by atoms with Crippen LogP contribution < -0.4 is 0 Å². The van der Waals surface area contributed by atoms with E-state index in [9.17, 15) is 0 Å². The van der Waals surface area contributed by atoms with Crippen molar-refractivity contribution in [3.8, 4) is 0 Å². The normalized spacial score (nSPS) is 11.5. The molecule has 0 amide bonds. The first kappa shape index (κ1) is 11.6. The van der Waals surface area contributed by atoms with E-state index in [1.165, 1.54) is 23.3 Å². The van der Waals surface area contributed by atoms with Gasteiger partial charge in [0, 0.05) is 0 Å². The number of hydrogen-bond acceptors (Lipinski definition) is 0. The van der Waals surface area contributed by atoms with Crippen molar-refractivity contribution in [2.24, 2.45) is 11.8 Å². The first-order valence-corrected chi connectivity index (χ1v) is 7.41. The zero-order valence-corrected chi connectivity index (χ0v) is 10.3. The van der Waals surface area contributed by atoms with Crippen LogP contribution in [0.1, 0.15) is 40.5 Å². The molecule has 0 fully saturated rings. The molecular weight excluding hydrogens is 195 g/mol. The van der Waals surface area contributed by atoms with Crippen molar-refractivity contribution in [2.45, 2.75) is 51.0 Å². The molecule has 0 aliphatic heterocycles. The van der Waals surface area contributed by atoms with Crippen molar-refractivity contribution in [1.82, 2.24) is 0 Å². The van der Waals surface area contributed by atoms with Gasteiger partial charge in [0.25, 0.3) is 0 Å². The maximum absolute atomic E-state index is 2.32. The molecule has 0 aliphatic rings. The maximum atomic E-state index is 2.32. The Morgan fingerprint density at radius 2 is 1.18 bits per heavy atom. The van der Waals surface area contributed by atoms with Crippen molar-refractivity contribution in [3.05, 3.63) is 0 Å². The molecule has 0 bridgehead atoms. The quantitative estimate of drug-likeness (QED) is 0.471. The Labute approximate surface area is 78.8 Å². The summed E-state index contributed by atoms with van der Waals surface area (Å²) in [7, 11) is 0. The summed E-state index contributed by atoms with van der Waals surface area (Å²) < 4.78 is 0. The number of rotatable bonds is 6. The third kappa shape index (κ3) is 10.6. The molecule has 0 aromatic heterocycles. The van der Waals surface area contributed by atoms with Gasteiger partial charge >= 0.3 is 78.5 Å². The van der Waals surface area contributed by atoms with Crippen LogP contribution in [-0.2, 0) is 0 Å². The van der Waals surface area contributed by atoms with Crippen LogP contribution in [0, 0.1) is 11.8 Å². The molecule has 1 radical (unpaired) electrons. The fourth-order valence-electron chi connectivity index (χ4n) is 0.811. The van der Waals surface area contributed by atoms with Gasteiger partial charge in [0.05, 0.1) is 0 Å². The van der Waals surface area contributed by atoms with Crippen LogP contribution in [0.15, 0.2) is 0 Å². The predicted octanol–water partition coefficient (Wildman–Crippen LogP) is 3.62. The third-order valence-electron chi connectivity index (χ3n) is 1.73. The summed E-state index contributed by atoms with van der Waals surface area (Å²) in [6.07, 6.45) is 2.91. The van der Waals surface area contributed by atoms with E-state index >= 15 is 0 Å². The average molecular weight is 217 g/mol. The summed E-state index contributed by atoms with van der Waals surface area (Å²) in [4.78, 5) is 0. The van der Waals surface area contributed by atoms with Gasteiger partial charge in [-0.3, -0.25) is 0 Å². The van der Waals surface area contributed by atoms with Crippen molar-refractivity contribution < 1.29 is 0 Å². The fourth-order valence-corrected chi connectivity index (χ4v) is 4.21. The Balaban J connectivity index is 2.91. The molecule has 0 atom stereocenters. The van der Waals surface area contributed by atoms with E-state index in [1.807, 2.05) is 0 Å². The van der Waals surface area contributed by atoms with Gasteiger partial charge in [-0.05, 0) is 0 Å². The predicted molar refractivity (Wildman–Crippen MR) is 54.3 cm³/mol. The standard InChI is InChI=1S/C10H22As/c1-9(2)5-7-11-8-6-10(3)4/h9-10H,5-8H2,1-4H3.